The van der Waals surface area contributed by atoms with E-state index >= 15 is 0 Å². The molecule has 0 spiro atoms. The van der Waals surface area contributed by atoms with Crippen molar-refractivity contribution in [3.8, 4) is 11.4 Å². The van der Waals surface area contributed by atoms with Gasteiger partial charge in [0.05, 0.1) is 0 Å². The Morgan fingerprint density at radius 2 is 1.88 bits per heavy atom. The van der Waals surface area contributed by atoms with Crippen LogP contribution in [-0.2, 0) is 0 Å². The van der Waals surface area contributed by atoms with Gasteiger partial charge in [-0.25, -0.2) is 0 Å². The zero-order valence-electron chi connectivity index (χ0n) is 9.69. The summed E-state index contributed by atoms with van der Waals surface area (Å²) in [6.45, 7) is 4.38. The van der Waals surface area contributed by atoms with Gasteiger partial charge in [-0.1, -0.05) is 38.1 Å². The van der Waals surface area contributed by atoms with Crippen LogP contribution in [0.25, 0.3) is 11.4 Å². The molecule has 0 aliphatic rings. The van der Waals surface area contributed by atoms with Gasteiger partial charge in [-0.15, -0.1) is 0 Å². The zero-order chi connectivity index (χ0) is 11.5. The Morgan fingerprint density at radius 3 is 2.38 bits per heavy atom. The maximum atomic E-state index is 4.37. The summed E-state index contributed by atoms with van der Waals surface area (Å²) < 4.78 is 4.30. The first-order chi connectivity index (χ1) is 7.70. The first-order valence-corrected chi connectivity index (χ1v) is 6.10. The van der Waals surface area contributed by atoms with E-state index in [0.717, 1.165) is 16.5 Å². The lowest BCUT2D eigenvalue weighted by atomic mass is 10.0. The fourth-order valence-corrected chi connectivity index (χ4v) is 2.00. The Bertz CT molecular complexity index is 459. The lowest BCUT2D eigenvalue weighted by molar-refractivity contribution is 0.867. The van der Waals surface area contributed by atoms with Crippen LogP contribution in [0, 0.1) is 0 Å². The molecule has 0 fully saturated rings. The van der Waals surface area contributed by atoms with E-state index in [1.165, 1.54) is 17.1 Å². The number of hydrogen-bond donors (Lipinski definition) is 1. The number of aromatic nitrogens is 2. The van der Waals surface area contributed by atoms with Gasteiger partial charge in [0, 0.05) is 24.1 Å². The number of nitrogens with zero attached hydrogens (tertiary/aromatic N) is 2. The molecule has 84 valence electrons. The minimum Gasteiger partial charge on any atom is -0.363 e. The van der Waals surface area contributed by atoms with Crippen molar-refractivity contribution in [2.75, 3.05) is 12.4 Å². The Morgan fingerprint density at radius 1 is 1.19 bits per heavy atom. The summed E-state index contributed by atoms with van der Waals surface area (Å²) >= 11 is 1.38. The Hall–Kier alpha value is -1.42. The first-order valence-electron chi connectivity index (χ1n) is 5.32. The van der Waals surface area contributed by atoms with E-state index in [9.17, 15) is 0 Å². The standard InChI is InChI=1S/C12H15N3S/c1-8(2)9-4-6-10(7-5-9)11-14-12(13-3)16-15-11/h4-8H,1-3H3,(H,13,14,15). The second-order valence-corrected chi connectivity index (χ2v) is 4.70. The lowest BCUT2D eigenvalue weighted by Gasteiger charge is -2.04. The molecule has 3 nitrogen and oxygen atoms in total. The summed E-state index contributed by atoms with van der Waals surface area (Å²) in [5.74, 6) is 1.36. The quantitative estimate of drug-likeness (QED) is 0.883. The van der Waals surface area contributed by atoms with Crippen LogP contribution in [0.1, 0.15) is 25.3 Å². The molecule has 0 saturated carbocycles. The van der Waals surface area contributed by atoms with E-state index in [2.05, 4.69) is 52.8 Å². The molecule has 0 amide bonds. The zero-order valence-corrected chi connectivity index (χ0v) is 10.5. The molecule has 1 heterocycles. The van der Waals surface area contributed by atoms with Crippen LogP contribution in [0.4, 0.5) is 5.13 Å². The van der Waals surface area contributed by atoms with E-state index in [-0.39, 0.29) is 0 Å². The third kappa shape index (κ3) is 2.22. The summed E-state index contributed by atoms with van der Waals surface area (Å²) in [6.07, 6.45) is 0. The van der Waals surface area contributed by atoms with Crippen LogP contribution in [0.15, 0.2) is 24.3 Å². The van der Waals surface area contributed by atoms with Crippen LogP contribution in [0.2, 0.25) is 0 Å². The molecule has 0 aliphatic heterocycles. The van der Waals surface area contributed by atoms with Gasteiger partial charge >= 0.3 is 0 Å². The molecule has 0 unspecified atom stereocenters. The smallest absolute Gasteiger partial charge is 0.202 e. The van der Waals surface area contributed by atoms with Crippen LogP contribution >= 0.6 is 11.5 Å². The van der Waals surface area contributed by atoms with Crippen molar-refractivity contribution in [1.82, 2.24) is 9.36 Å². The number of benzene rings is 1. The largest absolute Gasteiger partial charge is 0.363 e. The predicted octanol–water partition coefficient (Wildman–Crippen LogP) is 3.37. The van der Waals surface area contributed by atoms with E-state index in [4.69, 9.17) is 0 Å². The molecular weight excluding hydrogens is 218 g/mol. The molecule has 1 aromatic carbocycles. The second kappa shape index (κ2) is 4.61. The van der Waals surface area contributed by atoms with Crippen molar-refractivity contribution < 1.29 is 0 Å². The molecule has 0 radical (unpaired) electrons. The Balaban J connectivity index is 2.27. The van der Waals surface area contributed by atoms with Gasteiger partial charge in [-0.3, -0.25) is 0 Å². The van der Waals surface area contributed by atoms with Crippen molar-refractivity contribution in [1.29, 1.82) is 0 Å². The third-order valence-corrected chi connectivity index (χ3v) is 3.21. The summed E-state index contributed by atoms with van der Waals surface area (Å²) in [4.78, 5) is 4.37. The highest BCUT2D eigenvalue weighted by Gasteiger charge is 2.06. The molecular formula is C12H15N3S. The van der Waals surface area contributed by atoms with Crippen molar-refractivity contribution in [3.05, 3.63) is 29.8 Å². The highest BCUT2D eigenvalue weighted by molar-refractivity contribution is 7.09. The van der Waals surface area contributed by atoms with Crippen molar-refractivity contribution in [3.63, 3.8) is 0 Å². The summed E-state index contributed by atoms with van der Waals surface area (Å²) in [5.41, 5.74) is 2.41. The number of nitrogens with one attached hydrogen (secondary N) is 1. The average molecular weight is 233 g/mol. The van der Waals surface area contributed by atoms with Gasteiger partial charge in [0.25, 0.3) is 0 Å². The average Bonchev–Trinajstić information content (AvgIpc) is 2.77. The molecule has 1 aromatic heterocycles. The van der Waals surface area contributed by atoms with Crippen molar-refractivity contribution in [2.24, 2.45) is 0 Å². The fraction of sp³-hybridized carbons (Fsp3) is 0.333. The number of rotatable bonds is 3. The van der Waals surface area contributed by atoms with Crippen LogP contribution in [0.5, 0.6) is 0 Å². The first kappa shape index (κ1) is 11.1. The van der Waals surface area contributed by atoms with Gasteiger partial charge in [0.1, 0.15) is 0 Å². The molecule has 2 rings (SSSR count). The molecule has 0 aliphatic carbocycles. The minimum absolute atomic E-state index is 0.560. The molecule has 0 saturated heterocycles. The molecule has 1 N–H and O–H groups in total. The molecule has 0 bridgehead atoms. The second-order valence-electron chi connectivity index (χ2n) is 3.95. The Labute approximate surface area is 99.7 Å². The van der Waals surface area contributed by atoms with Gasteiger partial charge in [-0.05, 0) is 11.5 Å². The summed E-state index contributed by atoms with van der Waals surface area (Å²) in [5, 5.41) is 3.84. The van der Waals surface area contributed by atoms with E-state index in [0.29, 0.717) is 5.92 Å². The maximum absolute atomic E-state index is 4.37. The van der Waals surface area contributed by atoms with E-state index in [1.807, 2.05) is 7.05 Å². The van der Waals surface area contributed by atoms with Gasteiger partial charge in [0.15, 0.2) is 5.82 Å². The molecule has 0 atom stereocenters. The normalized spacial score (nSPS) is 10.8. The maximum Gasteiger partial charge on any atom is 0.202 e. The third-order valence-electron chi connectivity index (χ3n) is 2.48. The number of anilines is 1. The highest BCUT2D eigenvalue weighted by atomic mass is 32.1. The van der Waals surface area contributed by atoms with Crippen molar-refractivity contribution in [2.45, 2.75) is 19.8 Å². The van der Waals surface area contributed by atoms with Crippen LogP contribution < -0.4 is 5.32 Å². The monoisotopic (exact) mass is 233 g/mol. The topological polar surface area (TPSA) is 37.8 Å². The van der Waals surface area contributed by atoms with Crippen LogP contribution in [0.3, 0.4) is 0 Å². The molecule has 16 heavy (non-hydrogen) atoms. The molecule has 4 heteroatoms. The Kier molecular flexibility index (Phi) is 3.19. The van der Waals surface area contributed by atoms with E-state index in [1.54, 1.807) is 0 Å². The van der Waals surface area contributed by atoms with Crippen molar-refractivity contribution >= 4 is 16.7 Å². The highest BCUT2D eigenvalue weighted by Crippen LogP contribution is 2.23. The van der Waals surface area contributed by atoms with E-state index < -0.39 is 0 Å². The predicted molar refractivity (Wildman–Crippen MR) is 69.0 cm³/mol. The van der Waals surface area contributed by atoms with Gasteiger partial charge in [-0.2, -0.15) is 9.36 Å². The lowest BCUT2D eigenvalue weighted by Crippen LogP contribution is -1.88. The van der Waals surface area contributed by atoms with Gasteiger partial charge < -0.3 is 5.32 Å². The summed E-state index contributed by atoms with van der Waals surface area (Å²) in [6, 6.07) is 8.44. The number of hydrogen-bond acceptors (Lipinski definition) is 4. The summed E-state index contributed by atoms with van der Waals surface area (Å²) in [7, 11) is 1.85. The SMILES string of the molecule is CNc1nc(-c2ccc(C(C)C)cc2)ns1. The van der Waals surface area contributed by atoms with Crippen LogP contribution in [-0.4, -0.2) is 16.4 Å². The fourth-order valence-electron chi connectivity index (χ4n) is 1.46. The minimum atomic E-state index is 0.560. The van der Waals surface area contributed by atoms with Gasteiger partial charge in [0.2, 0.25) is 5.13 Å². The molecule has 2 aromatic rings.